The minimum Gasteiger partial charge on any atom is -0.507 e. The number of rotatable bonds is 4. The highest BCUT2D eigenvalue weighted by atomic mass is 35.5. The van der Waals surface area contributed by atoms with Crippen molar-refractivity contribution < 1.29 is 9.84 Å². The van der Waals surface area contributed by atoms with Gasteiger partial charge < -0.3 is 9.84 Å². The molecule has 0 bridgehead atoms. The summed E-state index contributed by atoms with van der Waals surface area (Å²) in [6.07, 6.45) is 0. The van der Waals surface area contributed by atoms with Gasteiger partial charge >= 0.3 is 0 Å². The molecule has 0 aliphatic rings. The molecule has 118 valence electrons. The van der Waals surface area contributed by atoms with E-state index in [9.17, 15) is 5.11 Å². The lowest BCUT2D eigenvalue weighted by molar-refractivity contribution is 0.338. The van der Waals surface area contributed by atoms with E-state index < -0.39 is 0 Å². The molecule has 0 radical (unpaired) electrons. The van der Waals surface area contributed by atoms with Gasteiger partial charge in [0.15, 0.2) is 0 Å². The largest absolute Gasteiger partial charge is 0.507 e. The third-order valence-corrected chi connectivity index (χ3v) is 3.87. The van der Waals surface area contributed by atoms with Gasteiger partial charge in [-0.1, -0.05) is 23.7 Å². The van der Waals surface area contributed by atoms with Gasteiger partial charge in [0, 0.05) is 27.9 Å². The summed E-state index contributed by atoms with van der Waals surface area (Å²) in [7, 11) is 0. The van der Waals surface area contributed by atoms with Gasteiger partial charge in [-0.15, -0.1) is 0 Å². The number of nitrogens with one attached hydrogen (secondary N) is 1. The molecule has 2 N–H and O–H groups in total. The van der Waals surface area contributed by atoms with Crippen molar-refractivity contribution in [3.63, 3.8) is 0 Å². The van der Waals surface area contributed by atoms with Gasteiger partial charge in [-0.2, -0.15) is 5.10 Å². The molecule has 23 heavy (non-hydrogen) atoms. The number of phenolic OH excluding ortho intramolecular Hbond substituents is 1. The topological polar surface area (TPSA) is 58.1 Å². The Labute approximate surface area is 139 Å². The zero-order valence-corrected chi connectivity index (χ0v) is 13.7. The maximum absolute atomic E-state index is 10.3. The Balaban J connectivity index is 2.09. The number of aromatic nitrogens is 2. The van der Waals surface area contributed by atoms with E-state index >= 15 is 0 Å². The average Bonchev–Trinajstić information content (AvgIpc) is 2.90. The van der Waals surface area contributed by atoms with E-state index in [0.29, 0.717) is 28.6 Å². The van der Waals surface area contributed by atoms with Crippen LogP contribution >= 0.6 is 11.6 Å². The minimum atomic E-state index is 0.137. The van der Waals surface area contributed by atoms with Gasteiger partial charge in [-0.05, 0) is 43.7 Å². The maximum Gasteiger partial charge on any atom is 0.128 e. The molecule has 0 atom stereocenters. The van der Waals surface area contributed by atoms with E-state index in [4.69, 9.17) is 16.3 Å². The van der Waals surface area contributed by atoms with Crippen molar-refractivity contribution in [1.29, 1.82) is 0 Å². The van der Waals surface area contributed by atoms with Crippen LogP contribution in [0.3, 0.4) is 0 Å². The number of H-pyrrole nitrogens is 1. The number of hydrogen-bond donors (Lipinski definition) is 2. The molecule has 0 unspecified atom stereocenters. The molecular weight excluding hydrogens is 312 g/mol. The molecule has 4 nitrogen and oxygen atoms in total. The lowest BCUT2D eigenvalue weighted by Crippen LogP contribution is -1.92. The van der Waals surface area contributed by atoms with Gasteiger partial charge in [0.1, 0.15) is 17.2 Å². The van der Waals surface area contributed by atoms with E-state index in [-0.39, 0.29) is 5.75 Å². The van der Waals surface area contributed by atoms with Crippen LogP contribution in [0.5, 0.6) is 11.5 Å². The molecule has 0 amide bonds. The number of phenols is 1. The van der Waals surface area contributed by atoms with Crippen molar-refractivity contribution in [2.45, 2.75) is 13.8 Å². The van der Waals surface area contributed by atoms with Crippen LogP contribution in [-0.2, 0) is 0 Å². The zero-order valence-electron chi connectivity index (χ0n) is 12.9. The summed E-state index contributed by atoms with van der Waals surface area (Å²) >= 11 is 5.96. The highest BCUT2D eigenvalue weighted by Gasteiger charge is 2.17. The van der Waals surface area contributed by atoms with E-state index in [1.54, 1.807) is 6.07 Å². The lowest BCUT2D eigenvalue weighted by Gasteiger charge is -2.09. The average molecular weight is 329 g/mol. The molecule has 0 aliphatic carbocycles. The molecule has 0 saturated heterocycles. The fraction of sp³-hybridized carbons (Fsp3) is 0.167. The zero-order chi connectivity index (χ0) is 16.4. The summed E-state index contributed by atoms with van der Waals surface area (Å²) in [5, 5.41) is 18.4. The van der Waals surface area contributed by atoms with E-state index in [2.05, 4.69) is 10.2 Å². The molecule has 1 heterocycles. The summed E-state index contributed by atoms with van der Waals surface area (Å²) in [4.78, 5) is 0. The summed E-state index contributed by atoms with van der Waals surface area (Å²) in [5.74, 6) is 0.770. The van der Waals surface area contributed by atoms with E-state index in [1.165, 1.54) is 0 Å². The monoisotopic (exact) mass is 328 g/mol. The Morgan fingerprint density at radius 2 is 1.91 bits per heavy atom. The van der Waals surface area contributed by atoms with E-state index in [1.807, 2.05) is 50.2 Å². The number of nitrogens with zero attached hydrogens (tertiary/aromatic N) is 1. The summed E-state index contributed by atoms with van der Waals surface area (Å²) < 4.78 is 5.41. The number of hydrogen-bond acceptors (Lipinski definition) is 3. The first kappa shape index (κ1) is 15.4. The Kier molecular flexibility index (Phi) is 4.26. The standard InChI is InChI=1S/C18H17ClN2O2/c1-3-23-14-8-9-15(16(22)10-14)18-17(11(2)20-21-18)12-4-6-13(19)7-5-12/h4-10,22H,3H2,1-2H3,(H,20,21). The van der Waals surface area contributed by atoms with Crippen LogP contribution in [0, 0.1) is 6.92 Å². The fourth-order valence-electron chi connectivity index (χ4n) is 2.56. The van der Waals surface area contributed by atoms with Crippen LogP contribution in [0.1, 0.15) is 12.6 Å². The SMILES string of the molecule is CCOc1ccc(-c2n[nH]c(C)c2-c2ccc(Cl)cc2)c(O)c1. The lowest BCUT2D eigenvalue weighted by atomic mass is 9.99. The Bertz CT molecular complexity index is 826. The van der Waals surface area contributed by atoms with Gasteiger partial charge in [-0.25, -0.2) is 0 Å². The first-order chi connectivity index (χ1) is 11.1. The number of halogens is 1. The van der Waals surface area contributed by atoms with Crippen LogP contribution in [0.15, 0.2) is 42.5 Å². The van der Waals surface area contributed by atoms with Crippen molar-refractivity contribution in [3.05, 3.63) is 53.2 Å². The molecular formula is C18H17ClN2O2. The predicted molar refractivity (Wildman–Crippen MR) is 92.0 cm³/mol. The van der Waals surface area contributed by atoms with E-state index in [0.717, 1.165) is 16.8 Å². The second-order valence-corrected chi connectivity index (χ2v) is 5.63. The number of aryl methyl sites for hydroxylation is 1. The molecule has 2 aromatic carbocycles. The number of aromatic amines is 1. The first-order valence-electron chi connectivity index (χ1n) is 7.37. The number of benzene rings is 2. The molecule has 3 aromatic rings. The van der Waals surface area contributed by atoms with Crippen molar-refractivity contribution >= 4 is 11.6 Å². The van der Waals surface area contributed by atoms with Crippen LogP contribution in [0.25, 0.3) is 22.4 Å². The Morgan fingerprint density at radius 1 is 1.17 bits per heavy atom. The predicted octanol–water partition coefficient (Wildman–Crippen LogP) is 4.81. The molecule has 0 aliphatic heterocycles. The smallest absolute Gasteiger partial charge is 0.128 e. The van der Waals surface area contributed by atoms with Crippen LogP contribution in [0.4, 0.5) is 0 Å². The number of ether oxygens (including phenoxy) is 1. The molecule has 0 spiro atoms. The van der Waals surface area contributed by atoms with Crippen LogP contribution in [0.2, 0.25) is 5.02 Å². The molecule has 3 rings (SSSR count). The van der Waals surface area contributed by atoms with Crippen LogP contribution in [-0.4, -0.2) is 21.9 Å². The molecule has 0 saturated carbocycles. The van der Waals surface area contributed by atoms with Gasteiger partial charge in [0.25, 0.3) is 0 Å². The number of aromatic hydroxyl groups is 1. The third-order valence-electron chi connectivity index (χ3n) is 3.62. The highest BCUT2D eigenvalue weighted by molar-refractivity contribution is 6.30. The highest BCUT2D eigenvalue weighted by Crippen LogP contribution is 2.38. The minimum absolute atomic E-state index is 0.137. The quantitative estimate of drug-likeness (QED) is 0.722. The summed E-state index contributed by atoms with van der Waals surface area (Å²) in [6.45, 7) is 4.41. The molecule has 5 heteroatoms. The van der Waals surface area contributed by atoms with Gasteiger partial charge in [0.2, 0.25) is 0 Å². The first-order valence-corrected chi connectivity index (χ1v) is 7.75. The third kappa shape index (κ3) is 3.03. The Hall–Kier alpha value is -2.46. The molecule has 1 aromatic heterocycles. The van der Waals surface area contributed by atoms with Gasteiger partial charge in [-0.3, -0.25) is 5.10 Å². The van der Waals surface area contributed by atoms with Crippen molar-refractivity contribution in [2.75, 3.05) is 6.61 Å². The Morgan fingerprint density at radius 3 is 2.57 bits per heavy atom. The maximum atomic E-state index is 10.3. The molecule has 0 fully saturated rings. The second-order valence-electron chi connectivity index (χ2n) is 5.19. The van der Waals surface area contributed by atoms with Crippen LogP contribution < -0.4 is 4.74 Å². The fourth-order valence-corrected chi connectivity index (χ4v) is 2.69. The van der Waals surface area contributed by atoms with Crippen molar-refractivity contribution in [2.24, 2.45) is 0 Å². The normalized spacial score (nSPS) is 10.7. The second kappa shape index (κ2) is 6.34. The van der Waals surface area contributed by atoms with Gasteiger partial charge in [0.05, 0.1) is 6.61 Å². The summed E-state index contributed by atoms with van der Waals surface area (Å²) in [6, 6.07) is 12.8. The van der Waals surface area contributed by atoms with Crippen molar-refractivity contribution in [3.8, 4) is 33.9 Å². The van der Waals surface area contributed by atoms with Crippen molar-refractivity contribution in [1.82, 2.24) is 10.2 Å². The summed E-state index contributed by atoms with van der Waals surface area (Å²) in [5.41, 5.74) is 4.22.